The Hall–Kier alpha value is -2.09. The standard InChI is InChI=1S/C19H21ClN2O4S/c1-22-16-7-3-2-6-14(16)19(21-11-5-4-8-18(23)24)15-10-9-13(20)12-17(15)27(22,25)26/h2-3,6-7,9-10,12,19,21H,4-5,8,11H2,1H3,(H,23,24)/t19-/m1/s1. The molecule has 0 radical (unpaired) electrons. The van der Waals surface area contributed by atoms with E-state index in [1.54, 1.807) is 24.3 Å². The lowest BCUT2D eigenvalue weighted by molar-refractivity contribution is -0.137. The highest BCUT2D eigenvalue weighted by Gasteiger charge is 2.34. The van der Waals surface area contributed by atoms with Crippen LogP contribution in [0.25, 0.3) is 0 Å². The Labute approximate surface area is 163 Å². The molecular weight excluding hydrogens is 388 g/mol. The Kier molecular flexibility index (Phi) is 5.74. The van der Waals surface area contributed by atoms with Crippen LogP contribution >= 0.6 is 11.6 Å². The van der Waals surface area contributed by atoms with E-state index in [9.17, 15) is 13.2 Å². The van der Waals surface area contributed by atoms with E-state index in [-0.39, 0.29) is 17.4 Å². The number of aliphatic carboxylic acids is 1. The molecule has 0 spiro atoms. The average molecular weight is 409 g/mol. The summed E-state index contributed by atoms with van der Waals surface area (Å²) in [5, 5.41) is 12.5. The Balaban J connectivity index is 2.01. The zero-order valence-electron chi connectivity index (χ0n) is 14.9. The Morgan fingerprint density at radius 3 is 2.67 bits per heavy atom. The van der Waals surface area contributed by atoms with Crippen molar-refractivity contribution in [2.24, 2.45) is 0 Å². The summed E-state index contributed by atoms with van der Waals surface area (Å²) in [5.74, 6) is -0.817. The van der Waals surface area contributed by atoms with Crippen LogP contribution in [0.5, 0.6) is 0 Å². The number of fused-ring (bicyclic) bond motifs is 2. The third-order valence-electron chi connectivity index (χ3n) is 4.68. The van der Waals surface area contributed by atoms with Gasteiger partial charge in [0.15, 0.2) is 0 Å². The van der Waals surface area contributed by atoms with Gasteiger partial charge in [0, 0.05) is 18.5 Å². The summed E-state index contributed by atoms with van der Waals surface area (Å²) in [7, 11) is -2.21. The number of nitrogens with one attached hydrogen (secondary N) is 1. The molecule has 0 aliphatic carbocycles. The van der Waals surface area contributed by atoms with E-state index in [0.717, 1.165) is 5.56 Å². The minimum absolute atomic E-state index is 0.117. The van der Waals surface area contributed by atoms with E-state index in [2.05, 4.69) is 5.32 Å². The molecule has 0 fully saturated rings. The van der Waals surface area contributed by atoms with Gasteiger partial charge in [-0.2, -0.15) is 0 Å². The molecule has 1 aliphatic heterocycles. The maximum atomic E-state index is 13.1. The van der Waals surface area contributed by atoms with Crippen LogP contribution in [0.3, 0.4) is 0 Å². The van der Waals surface area contributed by atoms with Crippen molar-refractivity contribution in [3.63, 3.8) is 0 Å². The Bertz CT molecular complexity index is 962. The van der Waals surface area contributed by atoms with Crippen molar-refractivity contribution in [1.82, 2.24) is 5.32 Å². The summed E-state index contributed by atoms with van der Waals surface area (Å²) >= 11 is 6.08. The number of unbranched alkanes of at least 4 members (excludes halogenated alkanes) is 1. The highest BCUT2D eigenvalue weighted by atomic mass is 35.5. The second kappa shape index (κ2) is 7.88. The van der Waals surface area contributed by atoms with E-state index in [4.69, 9.17) is 16.7 Å². The number of hydrogen-bond acceptors (Lipinski definition) is 4. The van der Waals surface area contributed by atoms with Gasteiger partial charge in [-0.15, -0.1) is 0 Å². The highest BCUT2D eigenvalue weighted by molar-refractivity contribution is 7.92. The smallest absolute Gasteiger partial charge is 0.303 e. The van der Waals surface area contributed by atoms with E-state index < -0.39 is 16.0 Å². The van der Waals surface area contributed by atoms with Crippen LogP contribution in [-0.4, -0.2) is 33.1 Å². The molecule has 0 unspecified atom stereocenters. The topological polar surface area (TPSA) is 86.7 Å². The second-order valence-electron chi connectivity index (χ2n) is 6.45. The van der Waals surface area contributed by atoms with Gasteiger partial charge < -0.3 is 10.4 Å². The zero-order valence-corrected chi connectivity index (χ0v) is 16.4. The first kappa shape index (κ1) is 19.7. The quantitative estimate of drug-likeness (QED) is 0.715. The third-order valence-corrected chi connectivity index (χ3v) is 6.74. The van der Waals surface area contributed by atoms with Crippen molar-refractivity contribution in [2.75, 3.05) is 17.9 Å². The second-order valence-corrected chi connectivity index (χ2v) is 8.83. The molecule has 8 heteroatoms. The van der Waals surface area contributed by atoms with Gasteiger partial charge in [-0.25, -0.2) is 8.42 Å². The molecule has 0 amide bonds. The first-order valence-electron chi connectivity index (χ1n) is 8.65. The van der Waals surface area contributed by atoms with Crippen LogP contribution in [0, 0.1) is 0 Å². The van der Waals surface area contributed by atoms with Crippen molar-refractivity contribution < 1.29 is 18.3 Å². The number of hydrogen-bond donors (Lipinski definition) is 2. The van der Waals surface area contributed by atoms with E-state index in [1.165, 1.54) is 17.4 Å². The molecular formula is C19H21ClN2O4S. The summed E-state index contributed by atoms with van der Waals surface area (Å²) in [6.07, 6.45) is 1.35. The van der Waals surface area contributed by atoms with Gasteiger partial charge in [0.2, 0.25) is 0 Å². The number of para-hydroxylation sites is 1. The van der Waals surface area contributed by atoms with Crippen molar-refractivity contribution in [1.29, 1.82) is 0 Å². The van der Waals surface area contributed by atoms with Crippen LogP contribution < -0.4 is 9.62 Å². The number of rotatable bonds is 6. The molecule has 0 saturated heterocycles. The number of nitrogens with zero attached hydrogens (tertiary/aromatic N) is 1. The fourth-order valence-corrected chi connectivity index (χ4v) is 5.02. The lowest BCUT2D eigenvalue weighted by Gasteiger charge is -2.22. The zero-order chi connectivity index (χ0) is 19.6. The third kappa shape index (κ3) is 3.95. The molecule has 2 aromatic rings. The monoisotopic (exact) mass is 408 g/mol. The minimum Gasteiger partial charge on any atom is -0.481 e. The number of carbonyl (C=O) groups is 1. The molecule has 0 bridgehead atoms. The lowest BCUT2D eigenvalue weighted by atomic mass is 9.96. The molecule has 1 aliphatic rings. The first-order chi connectivity index (χ1) is 12.8. The van der Waals surface area contributed by atoms with Crippen LogP contribution in [0.2, 0.25) is 5.02 Å². The Morgan fingerprint density at radius 2 is 1.93 bits per heavy atom. The number of benzene rings is 2. The maximum Gasteiger partial charge on any atom is 0.303 e. The molecule has 2 N–H and O–H groups in total. The summed E-state index contributed by atoms with van der Waals surface area (Å²) in [6.45, 7) is 0.568. The fourth-order valence-electron chi connectivity index (χ4n) is 3.30. The van der Waals surface area contributed by atoms with Gasteiger partial charge in [0.05, 0.1) is 16.6 Å². The van der Waals surface area contributed by atoms with Gasteiger partial charge in [0.1, 0.15) is 0 Å². The number of sulfonamides is 1. The lowest BCUT2D eigenvalue weighted by Crippen LogP contribution is -2.26. The van der Waals surface area contributed by atoms with Crippen molar-refractivity contribution >= 4 is 33.3 Å². The summed E-state index contributed by atoms with van der Waals surface area (Å²) in [5.41, 5.74) is 2.09. The summed E-state index contributed by atoms with van der Waals surface area (Å²) < 4.78 is 27.5. The number of carboxylic acids is 1. The number of anilines is 1. The van der Waals surface area contributed by atoms with E-state index >= 15 is 0 Å². The summed E-state index contributed by atoms with van der Waals surface area (Å²) in [6, 6.07) is 11.9. The Morgan fingerprint density at radius 1 is 1.19 bits per heavy atom. The molecule has 144 valence electrons. The van der Waals surface area contributed by atoms with Crippen LogP contribution in [0.4, 0.5) is 5.69 Å². The minimum atomic E-state index is -3.74. The van der Waals surface area contributed by atoms with Gasteiger partial charge >= 0.3 is 5.97 Å². The average Bonchev–Trinajstić information content (AvgIpc) is 2.70. The molecule has 6 nitrogen and oxygen atoms in total. The van der Waals surface area contributed by atoms with E-state index in [0.29, 0.717) is 35.7 Å². The van der Waals surface area contributed by atoms with Crippen LogP contribution in [0.15, 0.2) is 47.4 Å². The summed E-state index contributed by atoms with van der Waals surface area (Å²) in [4.78, 5) is 10.8. The molecule has 3 rings (SSSR count). The van der Waals surface area contributed by atoms with Gasteiger partial charge in [-0.1, -0.05) is 35.9 Å². The number of carboxylic acid groups (broad SMARTS) is 1. The molecule has 0 saturated carbocycles. The first-order valence-corrected chi connectivity index (χ1v) is 10.5. The van der Waals surface area contributed by atoms with E-state index in [1.807, 2.05) is 12.1 Å². The van der Waals surface area contributed by atoms with Crippen molar-refractivity contribution in [3.05, 3.63) is 58.6 Å². The normalized spacial score (nSPS) is 17.7. The molecule has 1 atom stereocenters. The largest absolute Gasteiger partial charge is 0.481 e. The van der Waals surface area contributed by atoms with Crippen molar-refractivity contribution in [2.45, 2.75) is 30.2 Å². The highest BCUT2D eigenvalue weighted by Crippen LogP contribution is 2.40. The predicted octanol–water partition coefficient (Wildman–Crippen LogP) is 3.41. The number of halogens is 1. The molecule has 27 heavy (non-hydrogen) atoms. The van der Waals surface area contributed by atoms with Gasteiger partial charge in [0.25, 0.3) is 10.0 Å². The predicted molar refractivity (Wildman–Crippen MR) is 105 cm³/mol. The maximum absolute atomic E-state index is 13.1. The van der Waals surface area contributed by atoms with Crippen LogP contribution in [-0.2, 0) is 14.8 Å². The molecule has 1 heterocycles. The molecule has 0 aromatic heterocycles. The van der Waals surface area contributed by atoms with Crippen LogP contribution in [0.1, 0.15) is 36.4 Å². The fraction of sp³-hybridized carbons (Fsp3) is 0.316. The van der Waals surface area contributed by atoms with Crippen molar-refractivity contribution in [3.8, 4) is 0 Å². The van der Waals surface area contributed by atoms with Gasteiger partial charge in [-0.05, 0) is 48.7 Å². The SMILES string of the molecule is CN1c2ccccc2[C@@H](NCCCCC(=O)O)c2ccc(Cl)cc2S1(=O)=O. The van der Waals surface area contributed by atoms with Gasteiger partial charge in [-0.3, -0.25) is 9.10 Å². The molecule has 2 aromatic carbocycles.